The number of amides is 1. The van der Waals surface area contributed by atoms with Gasteiger partial charge in [-0.1, -0.05) is 23.2 Å². The third-order valence-corrected chi connectivity index (χ3v) is 5.31. The summed E-state index contributed by atoms with van der Waals surface area (Å²) in [6, 6.07) is 8.42. The Balaban J connectivity index is 1.57. The van der Waals surface area contributed by atoms with E-state index in [1.165, 1.54) is 0 Å². The molecule has 0 spiro atoms. The van der Waals surface area contributed by atoms with Crippen molar-refractivity contribution in [3.8, 4) is 11.6 Å². The van der Waals surface area contributed by atoms with E-state index in [1.807, 2.05) is 4.90 Å². The van der Waals surface area contributed by atoms with E-state index >= 15 is 0 Å². The monoisotopic (exact) mass is 377 g/mol. The topological polar surface area (TPSA) is 54.5 Å². The average Bonchev–Trinajstić information content (AvgIpc) is 3.19. The molecule has 1 aromatic carbocycles. The molecule has 0 radical (unpaired) electrons. The van der Waals surface area contributed by atoms with Crippen molar-refractivity contribution in [2.24, 2.45) is 11.8 Å². The largest absolute Gasteiger partial charge is 0.437 e. The predicted octanol–water partition coefficient (Wildman–Crippen LogP) is 3.47. The van der Waals surface area contributed by atoms with Crippen LogP contribution in [0.1, 0.15) is 10.4 Å². The Hall–Kier alpha value is -1.82. The maximum absolute atomic E-state index is 13.0. The van der Waals surface area contributed by atoms with Gasteiger partial charge in [0.1, 0.15) is 11.3 Å². The van der Waals surface area contributed by atoms with Crippen molar-refractivity contribution in [2.75, 3.05) is 26.2 Å². The highest BCUT2D eigenvalue weighted by molar-refractivity contribution is 6.35. The first kappa shape index (κ1) is 16.6. The molecule has 0 saturated carbocycles. The van der Waals surface area contributed by atoms with Crippen molar-refractivity contribution in [1.29, 1.82) is 0 Å². The fourth-order valence-electron chi connectivity index (χ4n) is 3.49. The third-order valence-electron chi connectivity index (χ3n) is 4.78. The fraction of sp³-hybridized carbons (Fsp3) is 0.333. The number of pyridine rings is 1. The Bertz CT molecular complexity index is 803. The molecule has 3 heterocycles. The summed E-state index contributed by atoms with van der Waals surface area (Å²) in [4.78, 5) is 19.1. The SMILES string of the molecule is O=C(c1cccnc1Oc1ccc(Cl)cc1Cl)N1C[C@H]2CNC[C@H]2C1. The number of ether oxygens (including phenoxy) is 1. The molecule has 2 fully saturated rings. The molecule has 2 aliphatic rings. The molecule has 4 rings (SSSR count). The number of carbonyl (C=O) groups excluding carboxylic acids is 1. The van der Waals surface area contributed by atoms with Gasteiger partial charge in [0.2, 0.25) is 5.88 Å². The zero-order chi connectivity index (χ0) is 17.4. The van der Waals surface area contributed by atoms with E-state index in [0.717, 1.165) is 26.2 Å². The van der Waals surface area contributed by atoms with Crippen LogP contribution in [0.2, 0.25) is 10.0 Å². The van der Waals surface area contributed by atoms with Gasteiger partial charge in [-0.05, 0) is 42.2 Å². The van der Waals surface area contributed by atoms with Gasteiger partial charge in [-0.2, -0.15) is 0 Å². The number of nitrogens with zero attached hydrogens (tertiary/aromatic N) is 2. The first-order valence-electron chi connectivity index (χ1n) is 8.20. The molecular formula is C18H17Cl2N3O2. The summed E-state index contributed by atoms with van der Waals surface area (Å²) in [7, 11) is 0. The number of carbonyl (C=O) groups is 1. The number of nitrogens with one attached hydrogen (secondary N) is 1. The lowest BCUT2D eigenvalue weighted by atomic mass is 10.0. The van der Waals surface area contributed by atoms with Gasteiger partial charge in [0.15, 0.2) is 0 Å². The van der Waals surface area contributed by atoms with E-state index in [-0.39, 0.29) is 11.8 Å². The van der Waals surface area contributed by atoms with Crippen molar-refractivity contribution >= 4 is 29.1 Å². The molecule has 1 N–H and O–H groups in total. The van der Waals surface area contributed by atoms with Crippen molar-refractivity contribution in [2.45, 2.75) is 0 Å². The molecule has 25 heavy (non-hydrogen) atoms. The van der Waals surface area contributed by atoms with Crippen LogP contribution in [0, 0.1) is 11.8 Å². The highest BCUT2D eigenvalue weighted by atomic mass is 35.5. The summed E-state index contributed by atoms with van der Waals surface area (Å²) in [5.41, 5.74) is 0.446. The predicted molar refractivity (Wildman–Crippen MR) is 96.5 cm³/mol. The van der Waals surface area contributed by atoms with Crippen LogP contribution >= 0.6 is 23.2 Å². The average molecular weight is 378 g/mol. The Morgan fingerprint density at radius 2 is 1.96 bits per heavy atom. The molecule has 130 valence electrons. The third kappa shape index (κ3) is 3.32. The number of likely N-dealkylation sites (tertiary alicyclic amines) is 1. The molecule has 7 heteroatoms. The van der Waals surface area contributed by atoms with Gasteiger partial charge in [-0.25, -0.2) is 4.98 Å². The van der Waals surface area contributed by atoms with Crippen LogP contribution in [0.3, 0.4) is 0 Å². The van der Waals surface area contributed by atoms with Gasteiger partial charge in [0, 0.05) is 37.4 Å². The second-order valence-corrected chi connectivity index (χ2v) is 7.27. The standard InChI is InChI=1S/C18H17Cl2N3O2/c19-13-3-4-16(15(20)6-13)25-17-14(2-1-5-22-17)18(24)23-9-11-7-21-8-12(11)10-23/h1-6,11-12,21H,7-10H2/t11-,12+. The van der Waals surface area contributed by atoms with E-state index in [9.17, 15) is 4.79 Å². The van der Waals surface area contributed by atoms with Crippen LogP contribution in [0.25, 0.3) is 0 Å². The summed E-state index contributed by atoms with van der Waals surface area (Å²) in [5, 5.41) is 4.27. The highest BCUT2D eigenvalue weighted by Gasteiger charge is 2.39. The first-order valence-corrected chi connectivity index (χ1v) is 8.95. The van der Waals surface area contributed by atoms with Gasteiger partial charge in [-0.15, -0.1) is 0 Å². The Morgan fingerprint density at radius 1 is 1.20 bits per heavy atom. The number of fused-ring (bicyclic) bond motifs is 1. The second kappa shape index (κ2) is 6.83. The highest BCUT2D eigenvalue weighted by Crippen LogP contribution is 2.33. The van der Waals surface area contributed by atoms with Crippen LogP contribution in [-0.4, -0.2) is 42.0 Å². The van der Waals surface area contributed by atoms with Gasteiger partial charge in [0.25, 0.3) is 5.91 Å². The summed E-state index contributed by atoms with van der Waals surface area (Å²) < 4.78 is 5.81. The van der Waals surface area contributed by atoms with Crippen molar-refractivity contribution < 1.29 is 9.53 Å². The Kier molecular flexibility index (Phi) is 4.54. The van der Waals surface area contributed by atoms with Crippen LogP contribution in [0.15, 0.2) is 36.5 Å². The number of benzene rings is 1. The van der Waals surface area contributed by atoms with Crippen LogP contribution in [0.4, 0.5) is 0 Å². The van der Waals surface area contributed by atoms with Gasteiger partial charge < -0.3 is 15.0 Å². The van der Waals surface area contributed by atoms with Crippen molar-refractivity contribution in [3.05, 3.63) is 52.1 Å². The second-order valence-electron chi connectivity index (χ2n) is 6.42. The lowest BCUT2D eigenvalue weighted by Gasteiger charge is -2.19. The number of rotatable bonds is 3. The lowest BCUT2D eigenvalue weighted by Crippen LogP contribution is -2.32. The van der Waals surface area contributed by atoms with Crippen molar-refractivity contribution in [1.82, 2.24) is 15.2 Å². The first-order chi connectivity index (χ1) is 12.1. The maximum Gasteiger partial charge on any atom is 0.259 e. The number of halogens is 2. The summed E-state index contributed by atoms with van der Waals surface area (Å²) in [5.74, 6) is 1.70. The Morgan fingerprint density at radius 3 is 2.68 bits per heavy atom. The number of aromatic nitrogens is 1. The molecule has 2 aliphatic heterocycles. The molecule has 1 amide bonds. The van der Waals surface area contributed by atoms with Crippen molar-refractivity contribution in [3.63, 3.8) is 0 Å². The molecule has 2 saturated heterocycles. The zero-order valence-electron chi connectivity index (χ0n) is 13.4. The summed E-state index contributed by atoms with van der Waals surface area (Å²) in [6.45, 7) is 3.50. The smallest absolute Gasteiger partial charge is 0.259 e. The molecule has 1 aromatic heterocycles. The number of hydrogen-bond donors (Lipinski definition) is 1. The molecule has 2 aromatic rings. The van der Waals surface area contributed by atoms with Gasteiger partial charge in [0.05, 0.1) is 5.02 Å². The minimum Gasteiger partial charge on any atom is -0.437 e. The number of hydrogen-bond acceptors (Lipinski definition) is 4. The minimum atomic E-state index is -0.0532. The molecule has 0 bridgehead atoms. The van der Waals surface area contributed by atoms with Gasteiger partial charge >= 0.3 is 0 Å². The van der Waals surface area contributed by atoms with E-state index < -0.39 is 0 Å². The molecule has 0 aliphatic carbocycles. The molecule has 5 nitrogen and oxygen atoms in total. The van der Waals surface area contributed by atoms with E-state index in [2.05, 4.69) is 10.3 Å². The van der Waals surface area contributed by atoms with E-state index in [0.29, 0.717) is 33.2 Å². The molecular weight excluding hydrogens is 361 g/mol. The molecule has 2 atom stereocenters. The fourth-order valence-corrected chi connectivity index (χ4v) is 3.94. The zero-order valence-corrected chi connectivity index (χ0v) is 14.9. The minimum absolute atomic E-state index is 0.0532. The lowest BCUT2D eigenvalue weighted by molar-refractivity contribution is 0.0778. The quantitative estimate of drug-likeness (QED) is 0.889. The summed E-state index contributed by atoms with van der Waals surface area (Å²) >= 11 is 12.1. The normalized spacial score (nSPS) is 22.1. The van der Waals surface area contributed by atoms with Crippen LogP contribution in [-0.2, 0) is 0 Å². The summed E-state index contributed by atoms with van der Waals surface area (Å²) in [6.07, 6.45) is 1.60. The Labute approximate surface area is 155 Å². The van der Waals surface area contributed by atoms with E-state index in [4.69, 9.17) is 27.9 Å². The molecule has 0 unspecified atom stereocenters. The van der Waals surface area contributed by atoms with Crippen LogP contribution in [0.5, 0.6) is 11.6 Å². The van der Waals surface area contributed by atoms with E-state index in [1.54, 1.807) is 36.5 Å². The maximum atomic E-state index is 13.0. The van der Waals surface area contributed by atoms with Gasteiger partial charge in [-0.3, -0.25) is 4.79 Å². The van der Waals surface area contributed by atoms with Crippen LogP contribution < -0.4 is 10.1 Å².